The molecule has 0 saturated carbocycles. The van der Waals surface area contributed by atoms with Crippen molar-refractivity contribution in [2.24, 2.45) is 0 Å². The number of anilines is 2. The van der Waals surface area contributed by atoms with Crippen LogP contribution in [0.25, 0.3) is 11.1 Å². The normalized spacial score (nSPS) is 20.9. The molecule has 0 aromatic heterocycles. The van der Waals surface area contributed by atoms with Crippen molar-refractivity contribution in [1.82, 2.24) is 0 Å². The van der Waals surface area contributed by atoms with Crippen molar-refractivity contribution in [2.45, 2.75) is 51.7 Å². The van der Waals surface area contributed by atoms with E-state index in [1.165, 1.54) is 0 Å². The minimum absolute atomic E-state index is 0.0782. The standard InChI is InChI=1S/C24H28N2O4/c1-15-13-17(7-9-19(15)25-23(27)21-5-3-11-29-21)18-8-10-20(16(2)14-18)26-24(28)22-6-4-12-30-22/h7-10,13-14,21-22H,3-6,11-12H2,1-2H3,(H,25,27)(H,26,28)/t21-,22-/m0/s1. The number of rotatable bonds is 5. The number of benzene rings is 2. The van der Waals surface area contributed by atoms with Crippen molar-refractivity contribution in [3.63, 3.8) is 0 Å². The fraction of sp³-hybridized carbons (Fsp3) is 0.417. The smallest absolute Gasteiger partial charge is 0.253 e. The molecule has 2 heterocycles. The summed E-state index contributed by atoms with van der Waals surface area (Å²) in [6, 6.07) is 12.0. The van der Waals surface area contributed by atoms with Gasteiger partial charge in [-0.25, -0.2) is 0 Å². The van der Waals surface area contributed by atoms with Crippen molar-refractivity contribution >= 4 is 23.2 Å². The summed E-state index contributed by atoms with van der Waals surface area (Å²) in [4.78, 5) is 24.6. The molecule has 30 heavy (non-hydrogen) atoms. The number of carbonyl (C=O) groups is 2. The van der Waals surface area contributed by atoms with Crippen LogP contribution in [-0.4, -0.2) is 37.2 Å². The van der Waals surface area contributed by atoms with Crippen molar-refractivity contribution in [1.29, 1.82) is 0 Å². The first-order valence-electron chi connectivity index (χ1n) is 10.6. The van der Waals surface area contributed by atoms with Gasteiger partial charge in [0, 0.05) is 24.6 Å². The van der Waals surface area contributed by atoms with Crippen LogP contribution in [0.4, 0.5) is 11.4 Å². The molecule has 2 aromatic carbocycles. The Morgan fingerprint density at radius 3 is 1.53 bits per heavy atom. The van der Waals surface area contributed by atoms with E-state index in [4.69, 9.17) is 9.47 Å². The lowest BCUT2D eigenvalue weighted by atomic mass is 9.99. The number of amides is 2. The Kier molecular flexibility index (Phi) is 6.16. The molecule has 0 radical (unpaired) electrons. The zero-order valence-corrected chi connectivity index (χ0v) is 17.5. The Bertz CT molecular complexity index is 867. The third-order valence-electron chi connectivity index (χ3n) is 5.75. The maximum absolute atomic E-state index is 12.3. The lowest BCUT2D eigenvalue weighted by Crippen LogP contribution is -2.27. The van der Waals surface area contributed by atoms with Crippen LogP contribution in [-0.2, 0) is 19.1 Å². The van der Waals surface area contributed by atoms with Gasteiger partial charge in [0.2, 0.25) is 0 Å². The topological polar surface area (TPSA) is 76.7 Å². The van der Waals surface area contributed by atoms with Crippen LogP contribution in [0, 0.1) is 13.8 Å². The van der Waals surface area contributed by atoms with Crippen LogP contribution in [0.5, 0.6) is 0 Å². The van der Waals surface area contributed by atoms with Gasteiger partial charge in [-0.2, -0.15) is 0 Å². The first kappa shape index (κ1) is 20.6. The Morgan fingerprint density at radius 1 is 0.767 bits per heavy atom. The summed E-state index contributed by atoms with van der Waals surface area (Å²) in [7, 11) is 0. The molecule has 2 fully saturated rings. The van der Waals surface area contributed by atoms with E-state index in [0.29, 0.717) is 13.2 Å². The van der Waals surface area contributed by atoms with Crippen LogP contribution in [0.2, 0.25) is 0 Å². The van der Waals surface area contributed by atoms with Crippen molar-refractivity contribution in [3.8, 4) is 11.1 Å². The molecular weight excluding hydrogens is 380 g/mol. The van der Waals surface area contributed by atoms with Gasteiger partial charge in [-0.15, -0.1) is 0 Å². The van der Waals surface area contributed by atoms with Gasteiger partial charge in [0.05, 0.1) is 0 Å². The van der Waals surface area contributed by atoms with Gasteiger partial charge in [0.1, 0.15) is 12.2 Å². The molecule has 6 heteroatoms. The molecule has 2 aliphatic rings. The van der Waals surface area contributed by atoms with Crippen LogP contribution in [0.15, 0.2) is 36.4 Å². The molecular formula is C24H28N2O4. The number of ether oxygens (including phenoxy) is 2. The molecule has 0 unspecified atom stereocenters. The molecule has 158 valence electrons. The zero-order valence-electron chi connectivity index (χ0n) is 17.5. The summed E-state index contributed by atoms with van der Waals surface area (Å²) >= 11 is 0. The van der Waals surface area contributed by atoms with Crippen LogP contribution in [0.1, 0.15) is 36.8 Å². The van der Waals surface area contributed by atoms with Gasteiger partial charge in [0.25, 0.3) is 11.8 Å². The Morgan fingerprint density at radius 2 is 1.20 bits per heavy atom. The number of carbonyl (C=O) groups excluding carboxylic acids is 2. The molecule has 2 saturated heterocycles. The highest BCUT2D eigenvalue weighted by atomic mass is 16.5. The molecule has 0 aliphatic carbocycles. The predicted molar refractivity (Wildman–Crippen MR) is 117 cm³/mol. The van der Waals surface area contributed by atoms with Crippen molar-refractivity contribution in [2.75, 3.05) is 23.8 Å². The third kappa shape index (κ3) is 4.55. The molecule has 2 aromatic rings. The summed E-state index contributed by atoms with van der Waals surface area (Å²) in [5.74, 6) is -0.156. The number of hydrogen-bond donors (Lipinski definition) is 2. The van der Waals surface area contributed by atoms with E-state index < -0.39 is 0 Å². The Hall–Kier alpha value is -2.70. The predicted octanol–water partition coefficient (Wildman–Crippen LogP) is 4.21. The summed E-state index contributed by atoms with van der Waals surface area (Å²) in [6.45, 7) is 5.27. The van der Waals surface area contributed by atoms with E-state index in [1.807, 2.05) is 38.1 Å². The second kappa shape index (κ2) is 8.98. The third-order valence-corrected chi connectivity index (χ3v) is 5.75. The first-order chi connectivity index (χ1) is 14.5. The summed E-state index contributed by atoms with van der Waals surface area (Å²) in [6.07, 6.45) is 2.72. The van der Waals surface area contributed by atoms with Crippen LogP contribution in [0.3, 0.4) is 0 Å². The number of nitrogens with one attached hydrogen (secondary N) is 2. The van der Waals surface area contributed by atoms with E-state index in [0.717, 1.165) is 59.3 Å². The molecule has 2 aliphatic heterocycles. The molecule has 6 nitrogen and oxygen atoms in total. The maximum Gasteiger partial charge on any atom is 0.253 e. The summed E-state index contributed by atoms with van der Waals surface area (Å²) in [5, 5.41) is 5.95. The van der Waals surface area contributed by atoms with E-state index in [1.54, 1.807) is 0 Å². The lowest BCUT2D eigenvalue weighted by Gasteiger charge is -2.15. The van der Waals surface area contributed by atoms with Gasteiger partial charge < -0.3 is 20.1 Å². The molecule has 0 bridgehead atoms. The van der Waals surface area contributed by atoms with Crippen LogP contribution >= 0.6 is 0 Å². The second-order valence-corrected chi connectivity index (χ2v) is 8.04. The summed E-state index contributed by atoms with van der Waals surface area (Å²) < 4.78 is 10.9. The minimum Gasteiger partial charge on any atom is -0.368 e. The highest BCUT2D eigenvalue weighted by molar-refractivity contribution is 5.96. The number of hydrogen-bond acceptors (Lipinski definition) is 4. The van der Waals surface area contributed by atoms with E-state index in [9.17, 15) is 9.59 Å². The average molecular weight is 408 g/mol. The first-order valence-corrected chi connectivity index (χ1v) is 10.6. The van der Waals surface area contributed by atoms with Gasteiger partial charge >= 0.3 is 0 Å². The van der Waals surface area contributed by atoms with Gasteiger partial charge in [-0.1, -0.05) is 12.1 Å². The lowest BCUT2D eigenvalue weighted by molar-refractivity contribution is -0.125. The minimum atomic E-state index is -0.343. The fourth-order valence-corrected chi connectivity index (χ4v) is 3.96. The summed E-state index contributed by atoms with van der Waals surface area (Å²) in [5.41, 5.74) is 5.71. The zero-order chi connectivity index (χ0) is 21.1. The molecule has 2 amide bonds. The quantitative estimate of drug-likeness (QED) is 0.777. The highest BCUT2D eigenvalue weighted by Gasteiger charge is 2.25. The second-order valence-electron chi connectivity index (χ2n) is 8.04. The largest absolute Gasteiger partial charge is 0.368 e. The monoisotopic (exact) mass is 408 g/mol. The van der Waals surface area contributed by atoms with E-state index in [2.05, 4.69) is 22.8 Å². The maximum atomic E-state index is 12.3. The van der Waals surface area contributed by atoms with Gasteiger partial charge in [-0.3, -0.25) is 9.59 Å². The molecule has 2 atom stereocenters. The van der Waals surface area contributed by atoms with E-state index in [-0.39, 0.29) is 24.0 Å². The van der Waals surface area contributed by atoms with Crippen molar-refractivity contribution in [3.05, 3.63) is 47.5 Å². The molecule has 4 rings (SSSR count). The van der Waals surface area contributed by atoms with Gasteiger partial charge in [-0.05, 0) is 86.1 Å². The molecule has 0 spiro atoms. The molecule has 2 N–H and O–H groups in total. The van der Waals surface area contributed by atoms with Crippen molar-refractivity contribution < 1.29 is 19.1 Å². The SMILES string of the molecule is Cc1cc(-c2ccc(NC(=O)[C@@H]3CCCO3)c(C)c2)ccc1NC(=O)[C@@H]1CCCO1. The average Bonchev–Trinajstić information content (AvgIpc) is 3.45. The van der Waals surface area contributed by atoms with Crippen LogP contribution < -0.4 is 10.6 Å². The fourth-order valence-electron chi connectivity index (χ4n) is 3.96. The highest BCUT2D eigenvalue weighted by Crippen LogP contribution is 2.29. The number of aryl methyl sites for hydroxylation is 2. The Labute approximate surface area is 177 Å². The van der Waals surface area contributed by atoms with E-state index >= 15 is 0 Å². The van der Waals surface area contributed by atoms with Gasteiger partial charge in [0.15, 0.2) is 0 Å². The Balaban J connectivity index is 1.45.